The van der Waals surface area contributed by atoms with Crippen molar-refractivity contribution in [2.75, 3.05) is 7.11 Å². The first-order chi connectivity index (χ1) is 12.6. The number of amides is 1. The summed E-state index contributed by atoms with van der Waals surface area (Å²) in [7, 11) is 1.66. The molecule has 2 heterocycles. The number of methoxy groups -OCH3 is 1. The maximum absolute atomic E-state index is 12.6. The fourth-order valence-corrected chi connectivity index (χ4v) is 4.42. The van der Waals surface area contributed by atoms with Crippen LogP contribution in [0.15, 0.2) is 41.8 Å². The molecule has 1 amide bonds. The zero-order valence-electron chi connectivity index (χ0n) is 15.1. The molecule has 1 unspecified atom stereocenters. The van der Waals surface area contributed by atoms with Gasteiger partial charge in [-0.15, -0.1) is 22.7 Å². The van der Waals surface area contributed by atoms with Crippen molar-refractivity contribution in [1.29, 1.82) is 0 Å². The van der Waals surface area contributed by atoms with Crippen LogP contribution >= 0.6 is 22.7 Å². The third-order valence-electron chi connectivity index (χ3n) is 4.14. The lowest BCUT2D eigenvalue weighted by Gasteiger charge is -2.13. The predicted octanol–water partition coefficient (Wildman–Crippen LogP) is 4.94. The molecular weight excluding hydrogens is 364 g/mol. The van der Waals surface area contributed by atoms with Gasteiger partial charge < -0.3 is 10.1 Å². The van der Waals surface area contributed by atoms with E-state index in [1.54, 1.807) is 18.4 Å². The summed E-state index contributed by atoms with van der Waals surface area (Å²) < 4.78 is 5.18. The van der Waals surface area contributed by atoms with Gasteiger partial charge in [0.05, 0.1) is 17.7 Å². The Labute approximate surface area is 161 Å². The molecule has 1 N–H and O–H groups in total. The van der Waals surface area contributed by atoms with Gasteiger partial charge in [0.25, 0.3) is 5.91 Å². The molecule has 0 spiro atoms. The zero-order chi connectivity index (χ0) is 18.5. The van der Waals surface area contributed by atoms with Crippen molar-refractivity contribution in [3.05, 3.63) is 57.9 Å². The third-order valence-corrected chi connectivity index (χ3v) is 6.33. The molecule has 3 rings (SSSR count). The number of nitrogens with one attached hydrogen (secondary N) is 1. The summed E-state index contributed by atoms with van der Waals surface area (Å²) in [5, 5.41) is 6.03. The lowest BCUT2D eigenvalue weighted by Crippen LogP contribution is -2.32. The maximum Gasteiger partial charge on any atom is 0.263 e. The minimum Gasteiger partial charge on any atom is -0.497 e. The second-order valence-corrected chi connectivity index (χ2v) is 8.12. The summed E-state index contributed by atoms with van der Waals surface area (Å²) in [5.74, 6) is 0.822. The molecule has 3 aromatic rings. The standard InChI is InChI=1S/C20H22N2O2S2/c1-13(6-7-15-8-10-16(24-3)11-9-15)21-19(23)18-14(2)22-20(26-18)17-5-4-12-25-17/h4-5,8-13H,6-7H2,1-3H3,(H,21,23). The Morgan fingerprint density at radius 1 is 1.27 bits per heavy atom. The van der Waals surface area contributed by atoms with E-state index >= 15 is 0 Å². The van der Waals surface area contributed by atoms with Crippen LogP contribution in [-0.2, 0) is 6.42 Å². The highest BCUT2D eigenvalue weighted by molar-refractivity contribution is 7.22. The molecule has 0 saturated carbocycles. The molecule has 1 aromatic carbocycles. The Morgan fingerprint density at radius 3 is 2.69 bits per heavy atom. The first kappa shape index (κ1) is 18.6. The van der Waals surface area contributed by atoms with Crippen LogP contribution in [0.4, 0.5) is 0 Å². The monoisotopic (exact) mass is 386 g/mol. The molecule has 0 saturated heterocycles. The lowest BCUT2D eigenvalue weighted by atomic mass is 10.1. The Morgan fingerprint density at radius 2 is 2.04 bits per heavy atom. The molecule has 2 aromatic heterocycles. The van der Waals surface area contributed by atoms with Gasteiger partial charge in [0.1, 0.15) is 15.6 Å². The lowest BCUT2D eigenvalue weighted by molar-refractivity contribution is 0.0942. The molecule has 26 heavy (non-hydrogen) atoms. The summed E-state index contributed by atoms with van der Waals surface area (Å²) in [6.45, 7) is 3.93. The number of aromatic nitrogens is 1. The van der Waals surface area contributed by atoms with Gasteiger partial charge >= 0.3 is 0 Å². The molecule has 0 aliphatic heterocycles. The van der Waals surface area contributed by atoms with E-state index in [1.165, 1.54) is 16.9 Å². The topological polar surface area (TPSA) is 51.2 Å². The number of carbonyl (C=O) groups excluding carboxylic acids is 1. The molecule has 4 nitrogen and oxygen atoms in total. The molecule has 0 bridgehead atoms. The Balaban J connectivity index is 1.57. The van der Waals surface area contributed by atoms with E-state index in [1.807, 2.05) is 43.5 Å². The van der Waals surface area contributed by atoms with Crippen LogP contribution in [0.1, 0.15) is 34.3 Å². The minimum atomic E-state index is -0.0370. The quantitative estimate of drug-likeness (QED) is 0.626. The summed E-state index contributed by atoms with van der Waals surface area (Å²) in [4.78, 5) is 18.9. The predicted molar refractivity (Wildman–Crippen MR) is 108 cm³/mol. The summed E-state index contributed by atoms with van der Waals surface area (Å²) in [5.41, 5.74) is 2.03. The highest BCUT2D eigenvalue weighted by atomic mass is 32.1. The number of ether oxygens (including phenoxy) is 1. The fourth-order valence-electron chi connectivity index (χ4n) is 2.65. The Kier molecular flexibility index (Phi) is 6.06. The average molecular weight is 387 g/mol. The summed E-state index contributed by atoms with van der Waals surface area (Å²) >= 11 is 3.10. The van der Waals surface area contributed by atoms with Gasteiger partial charge in [0.15, 0.2) is 0 Å². The number of thiazole rings is 1. The van der Waals surface area contributed by atoms with Gasteiger partial charge in [0, 0.05) is 6.04 Å². The van der Waals surface area contributed by atoms with Crippen LogP contribution in [0, 0.1) is 6.92 Å². The summed E-state index contributed by atoms with van der Waals surface area (Å²) in [6.07, 6.45) is 1.79. The fraction of sp³-hybridized carbons (Fsp3) is 0.300. The number of carbonyl (C=O) groups is 1. The van der Waals surface area contributed by atoms with Gasteiger partial charge in [-0.25, -0.2) is 4.98 Å². The first-order valence-corrected chi connectivity index (χ1v) is 10.2. The normalized spacial score (nSPS) is 12.0. The van der Waals surface area contributed by atoms with Crippen molar-refractivity contribution in [2.45, 2.75) is 32.7 Å². The highest BCUT2D eigenvalue weighted by Crippen LogP contribution is 2.31. The van der Waals surface area contributed by atoms with Crippen molar-refractivity contribution in [3.8, 4) is 15.6 Å². The number of aryl methyl sites for hydroxylation is 2. The van der Waals surface area contributed by atoms with Crippen LogP contribution in [0.5, 0.6) is 5.75 Å². The second kappa shape index (κ2) is 8.47. The van der Waals surface area contributed by atoms with Crippen LogP contribution in [-0.4, -0.2) is 24.0 Å². The van der Waals surface area contributed by atoms with Gasteiger partial charge in [-0.3, -0.25) is 4.79 Å². The molecule has 0 aliphatic carbocycles. The van der Waals surface area contributed by atoms with Crippen LogP contribution < -0.4 is 10.1 Å². The van der Waals surface area contributed by atoms with Crippen molar-refractivity contribution >= 4 is 28.6 Å². The van der Waals surface area contributed by atoms with Crippen LogP contribution in [0.3, 0.4) is 0 Å². The van der Waals surface area contributed by atoms with E-state index < -0.39 is 0 Å². The number of hydrogen-bond acceptors (Lipinski definition) is 5. The van der Waals surface area contributed by atoms with Crippen molar-refractivity contribution in [2.24, 2.45) is 0 Å². The number of hydrogen-bond donors (Lipinski definition) is 1. The number of rotatable bonds is 7. The molecule has 1 atom stereocenters. The molecule has 0 fully saturated rings. The van der Waals surface area contributed by atoms with Gasteiger partial charge in [-0.2, -0.15) is 0 Å². The van der Waals surface area contributed by atoms with E-state index in [9.17, 15) is 4.79 Å². The van der Waals surface area contributed by atoms with E-state index in [0.29, 0.717) is 4.88 Å². The molecule has 0 radical (unpaired) electrons. The van der Waals surface area contributed by atoms with Crippen LogP contribution in [0.2, 0.25) is 0 Å². The Hall–Kier alpha value is -2.18. The van der Waals surface area contributed by atoms with Crippen molar-refractivity contribution in [1.82, 2.24) is 10.3 Å². The number of benzene rings is 1. The number of thiophene rings is 1. The maximum atomic E-state index is 12.6. The summed E-state index contributed by atoms with van der Waals surface area (Å²) in [6, 6.07) is 12.2. The van der Waals surface area contributed by atoms with E-state index in [-0.39, 0.29) is 11.9 Å². The number of nitrogens with zero attached hydrogens (tertiary/aromatic N) is 1. The first-order valence-electron chi connectivity index (χ1n) is 8.52. The SMILES string of the molecule is COc1ccc(CCC(C)NC(=O)c2sc(-c3cccs3)nc2C)cc1. The van der Waals surface area contributed by atoms with E-state index in [4.69, 9.17) is 4.74 Å². The van der Waals surface area contributed by atoms with Crippen molar-refractivity contribution in [3.63, 3.8) is 0 Å². The third kappa shape index (κ3) is 4.51. The van der Waals surface area contributed by atoms with Crippen molar-refractivity contribution < 1.29 is 9.53 Å². The van der Waals surface area contributed by atoms with E-state index in [2.05, 4.69) is 22.4 Å². The molecular formula is C20H22N2O2S2. The Bertz CT molecular complexity index is 855. The van der Waals surface area contributed by atoms with Crippen LogP contribution in [0.25, 0.3) is 9.88 Å². The van der Waals surface area contributed by atoms with Gasteiger partial charge in [0.2, 0.25) is 0 Å². The van der Waals surface area contributed by atoms with Gasteiger partial charge in [-0.1, -0.05) is 18.2 Å². The second-order valence-electron chi connectivity index (χ2n) is 6.17. The van der Waals surface area contributed by atoms with Gasteiger partial charge in [-0.05, 0) is 55.8 Å². The minimum absolute atomic E-state index is 0.0370. The molecule has 0 aliphatic rings. The largest absolute Gasteiger partial charge is 0.497 e. The molecule has 6 heteroatoms. The highest BCUT2D eigenvalue weighted by Gasteiger charge is 2.18. The van der Waals surface area contributed by atoms with E-state index in [0.717, 1.165) is 34.2 Å². The molecule has 136 valence electrons. The zero-order valence-corrected chi connectivity index (χ0v) is 16.7. The smallest absolute Gasteiger partial charge is 0.263 e. The average Bonchev–Trinajstić information content (AvgIpc) is 3.30.